The van der Waals surface area contributed by atoms with Crippen LogP contribution in [0.3, 0.4) is 0 Å². The number of alkyl halides is 2. The molecule has 0 unspecified atom stereocenters. The molecule has 27 heavy (non-hydrogen) atoms. The van der Waals surface area contributed by atoms with E-state index in [4.69, 9.17) is 11.6 Å². The number of amides is 1. The van der Waals surface area contributed by atoms with E-state index in [1.54, 1.807) is 18.2 Å². The summed E-state index contributed by atoms with van der Waals surface area (Å²) in [5.41, 5.74) is 0.929. The number of aromatic nitrogens is 2. The van der Waals surface area contributed by atoms with Gasteiger partial charge < -0.3 is 5.32 Å². The van der Waals surface area contributed by atoms with E-state index in [9.17, 15) is 18.0 Å². The Balaban J connectivity index is 2.02. The highest BCUT2D eigenvalue weighted by Crippen LogP contribution is 2.33. The lowest BCUT2D eigenvalue weighted by Crippen LogP contribution is -2.14. The summed E-state index contributed by atoms with van der Waals surface area (Å²) in [6.45, 7) is 1.82. The van der Waals surface area contributed by atoms with Gasteiger partial charge in [-0.1, -0.05) is 23.2 Å². The van der Waals surface area contributed by atoms with E-state index >= 15 is 0 Å². The zero-order valence-electron chi connectivity index (χ0n) is 14.4. The van der Waals surface area contributed by atoms with Crippen molar-refractivity contribution >= 4 is 23.2 Å². The third kappa shape index (κ3) is 3.98. The molecule has 0 aliphatic carbocycles. The number of nitrogens with one attached hydrogen (secondary N) is 1. The molecular weight excluding hydrogens is 379 g/mol. The molecule has 0 spiro atoms. The Kier molecular flexibility index (Phi) is 5.23. The van der Waals surface area contributed by atoms with Crippen molar-refractivity contribution in [1.82, 2.24) is 9.78 Å². The minimum atomic E-state index is -2.89. The number of aryl methyl sites for hydroxylation is 2. The second-order valence-corrected chi connectivity index (χ2v) is 6.47. The van der Waals surface area contributed by atoms with Gasteiger partial charge in [-0.3, -0.25) is 9.48 Å². The topological polar surface area (TPSA) is 46.9 Å². The zero-order valence-corrected chi connectivity index (χ0v) is 15.2. The maximum atomic E-state index is 14.4. The molecule has 0 bridgehead atoms. The van der Waals surface area contributed by atoms with Crippen molar-refractivity contribution in [2.24, 2.45) is 7.05 Å². The van der Waals surface area contributed by atoms with E-state index in [2.05, 4.69) is 10.4 Å². The van der Waals surface area contributed by atoms with Gasteiger partial charge in [-0.2, -0.15) is 5.10 Å². The van der Waals surface area contributed by atoms with E-state index in [1.165, 1.54) is 31.4 Å². The maximum Gasteiger partial charge on any atom is 0.282 e. The smallest absolute Gasteiger partial charge is 0.282 e. The average Bonchev–Trinajstić information content (AvgIpc) is 2.99. The van der Waals surface area contributed by atoms with Crippen molar-refractivity contribution < 1.29 is 18.0 Å². The Morgan fingerprint density at radius 2 is 1.93 bits per heavy atom. The van der Waals surface area contributed by atoms with Crippen LogP contribution in [-0.2, 0) is 7.05 Å². The van der Waals surface area contributed by atoms with Crippen molar-refractivity contribution in [2.75, 3.05) is 5.32 Å². The molecule has 1 aromatic heterocycles. The summed E-state index contributed by atoms with van der Waals surface area (Å²) in [7, 11) is 1.45. The van der Waals surface area contributed by atoms with Gasteiger partial charge in [-0.25, -0.2) is 13.2 Å². The monoisotopic (exact) mass is 393 g/mol. The quantitative estimate of drug-likeness (QED) is 0.647. The molecule has 8 heteroatoms. The lowest BCUT2D eigenvalue weighted by molar-refractivity contribution is 0.101. The van der Waals surface area contributed by atoms with E-state index in [0.717, 1.165) is 10.2 Å². The SMILES string of the molecule is Cc1ccc(NC(=O)c2cn(C)nc2C(F)F)c(-c2ccc(Cl)cc2F)c1. The van der Waals surface area contributed by atoms with Gasteiger partial charge in [0.2, 0.25) is 0 Å². The summed E-state index contributed by atoms with van der Waals surface area (Å²) in [6.07, 6.45) is -1.67. The van der Waals surface area contributed by atoms with Gasteiger partial charge in [0.05, 0.1) is 5.56 Å². The molecule has 2 aromatic carbocycles. The highest BCUT2D eigenvalue weighted by molar-refractivity contribution is 6.30. The summed E-state index contributed by atoms with van der Waals surface area (Å²) >= 11 is 5.80. The van der Waals surface area contributed by atoms with Crippen LogP contribution in [0.25, 0.3) is 11.1 Å². The minimum absolute atomic E-state index is 0.235. The molecule has 0 aliphatic heterocycles. The Bertz CT molecular complexity index is 1020. The van der Waals surface area contributed by atoms with E-state index < -0.39 is 23.8 Å². The van der Waals surface area contributed by atoms with Crippen LogP contribution in [0.15, 0.2) is 42.6 Å². The molecule has 1 amide bonds. The van der Waals surface area contributed by atoms with Gasteiger partial charge in [0, 0.05) is 35.1 Å². The molecular formula is C19H15ClF3N3O. The van der Waals surface area contributed by atoms with Crippen LogP contribution >= 0.6 is 11.6 Å². The standard InChI is InChI=1S/C19H15ClF3N3O/c1-10-3-6-16(13(7-10)12-5-4-11(20)8-15(12)21)24-19(27)14-9-26(2)25-17(14)18(22)23/h3-9,18H,1-2H3,(H,24,27). The van der Waals surface area contributed by atoms with E-state index in [-0.39, 0.29) is 21.8 Å². The molecule has 3 aromatic rings. The first-order valence-electron chi connectivity index (χ1n) is 7.95. The molecule has 1 heterocycles. The highest BCUT2D eigenvalue weighted by Gasteiger charge is 2.23. The third-order valence-corrected chi connectivity index (χ3v) is 4.19. The molecule has 0 fully saturated rings. The zero-order chi connectivity index (χ0) is 19.7. The normalized spacial score (nSPS) is 11.1. The lowest BCUT2D eigenvalue weighted by Gasteiger charge is -2.13. The predicted octanol–water partition coefficient (Wildman–Crippen LogP) is 5.38. The van der Waals surface area contributed by atoms with Gasteiger partial charge >= 0.3 is 0 Å². The third-order valence-electron chi connectivity index (χ3n) is 3.95. The Morgan fingerprint density at radius 1 is 1.19 bits per heavy atom. The van der Waals surface area contributed by atoms with Gasteiger partial charge in [-0.05, 0) is 37.3 Å². The minimum Gasteiger partial charge on any atom is -0.321 e. The van der Waals surface area contributed by atoms with Crippen LogP contribution in [0.5, 0.6) is 0 Å². The number of carbonyl (C=O) groups excluding carboxylic acids is 1. The number of hydrogen-bond acceptors (Lipinski definition) is 2. The number of nitrogens with zero attached hydrogens (tertiary/aromatic N) is 2. The van der Waals surface area contributed by atoms with Crippen molar-refractivity contribution in [3.63, 3.8) is 0 Å². The summed E-state index contributed by atoms with van der Waals surface area (Å²) in [5.74, 6) is -1.31. The summed E-state index contributed by atoms with van der Waals surface area (Å²) in [5, 5.41) is 6.44. The van der Waals surface area contributed by atoms with Crippen molar-refractivity contribution in [2.45, 2.75) is 13.3 Å². The molecule has 1 N–H and O–H groups in total. The van der Waals surface area contributed by atoms with Crippen LogP contribution in [0.2, 0.25) is 5.02 Å². The van der Waals surface area contributed by atoms with Gasteiger partial charge in [0.15, 0.2) is 0 Å². The predicted molar refractivity (Wildman–Crippen MR) is 97.7 cm³/mol. The lowest BCUT2D eigenvalue weighted by atomic mass is 10.0. The Morgan fingerprint density at radius 3 is 2.59 bits per heavy atom. The molecule has 0 saturated carbocycles. The van der Waals surface area contributed by atoms with Crippen LogP contribution in [-0.4, -0.2) is 15.7 Å². The van der Waals surface area contributed by atoms with Crippen molar-refractivity contribution in [3.05, 3.63) is 70.3 Å². The largest absolute Gasteiger partial charge is 0.321 e. The molecule has 0 saturated heterocycles. The van der Waals surface area contributed by atoms with Gasteiger partial charge in [-0.15, -0.1) is 0 Å². The van der Waals surface area contributed by atoms with Crippen molar-refractivity contribution in [3.8, 4) is 11.1 Å². The number of carbonyl (C=O) groups is 1. The van der Waals surface area contributed by atoms with Crippen molar-refractivity contribution in [1.29, 1.82) is 0 Å². The molecule has 0 radical (unpaired) electrons. The number of anilines is 1. The fourth-order valence-electron chi connectivity index (χ4n) is 2.73. The second-order valence-electron chi connectivity index (χ2n) is 6.03. The van der Waals surface area contributed by atoms with Crippen LogP contribution in [0.1, 0.15) is 28.0 Å². The fraction of sp³-hybridized carbons (Fsp3) is 0.158. The molecule has 0 atom stereocenters. The molecule has 140 valence electrons. The summed E-state index contributed by atoms with van der Waals surface area (Å²) < 4.78 is 41.7. The molecule has 4 nitrogen and oxygen atoms in total. The highest BCUT2D eigenvalue weighted by atomic mass is 35.5. The van der Waals surface area contributed by atoms with E-state index in [1.807, 2.05) is 6.92 Å². The first-order chi connectivity index (χ1) is 12.8. The van der Waals surface area contributed by atoms with Crippen LogP contribution < -0.4 is 5.32 Å². The summed E-state index contributed by atoms with van der Waals surface area (Å²) in [6, 6.07) is 9.21. The van der Waals surface area contributed by atoms with Crippen LogP contribution in [0, 0.1) is 12.7 Å². The van der Waals surface area contributed by atoms with E-state index in [0.29, 0.717) is 5.56 Å². The first-order valence-corrected chi connectivity index (χ1v) is 8.33. The van der Waals surface area contributed by atoms with Gasteiger partial charge in [0.25, 0.3) is 12.3 Å². The Labute approximate surface area is 158 Å². The molecule has 0 aliphatic rings. The average molecular weight is 394 g/mol. The summed E-state index contributed by atoms with van der Waals surface area (Å²) in [4.78, 5) is 12.5. The second kappa shape index (κ2) is 7.44. The number of hydrogen-bond donors (Lipinski definition) is 1. The number of halogens is 4. The fourth-order valence-corrected chi connectivity index (χ4v) is 2.89. The van der Waals surface area contributed by atoms with Gasteiger partial charge in [0.1, 0.15) is 11.5 Å². The maximum absolute atomic E-state index is 14.4. The first kappa shape index (κ1) is 19.0. The Hall–Kier alpha value is -2.80. The van der Waals surface area contributed by atoms with Crippen LogP contribution in [0.4, 0.5) is 18.9 Å². The molecule has 3 rings (SSSR count). The number of benzene rings is 2. The number of rotatable bonds is 4.